The summed E-state index contributed by atoms with van der Waals surface area (Å²) >= 11 is 5.25. The van der Waals surface area contributed by atoms with Gasteiger partial charge in [-0.2, -0.15) is 0 Å². The van der Waals surface area contributed by atoms with Crippen molar-refractivity contribution in [3.8, 4) is 0 Å². The Labute approximate surface area is 114 Å². The van der Waals surface area contributed by atoms with E-state index in [-0.39, 0.29) is 6.04 Å². The Morgan fingerprint density at radius 1 is 1.24 bits per heavy atom. The number of thiophene rings is 1. The van der Waals surface area contributed by atoms with Gasteiger partial charge in [0.25, 0.3) is 0 Å². The fourth-order valence-corrected chi connectivity index (χ4v) is 3.47. The first-order valence-corrected chi connectivity index (χ1v) is 7.07. The molecule has 0 fully saturated rings. The first-order valence-electron chi connectivity index (χ1n) is 5.39. The van der Waals surface area contributed by atoms with E-state index in [4.69, 9.17) is 5.84 Å². The monoisotopic (exact) mass is 310 g/mol. The molecule has 0 spiro atoms. The van der Waals surface area contributed by atoms with Crippen molar-refractivity contribution in [2.75, 3.05) is 0 Å². The summed E-state index contributed by atoms with van der Waals surface area (Å²) in [7, 11) is 0. The number of hydrazine groups is 1. The summed E-state index contributed by atoms with van der Waals surface area (Å²) in [4.78, 5) is 1.20. The SMILES string of the molecule is Cc1ccc(C(NN)c2sccc2Br)cc1C. The van der Waals surface area contributed by atoms with E-state index in [0.717, 1.165) is 4.47 Å². The van der Waals surface area contributed by atoms with Crippen molar-refractivity contribution < 1.29 is 0 Å². The van der Waals surface area contributed by atoms with Crippen LogP contribution >= 0.6 is 27.3 Å². The molecular formula is C13H15BrN2S. The Hall–Kier alpha value is -0.680. The molecule has 0 aliphatic rings. The molecule has 90 valence electrons. The summed E-state index contributed by atoms with van der Waals surface area (Å²) in [5.41, 5.74) is 6.67. The number of nitrogens with one attached hydrogen (secondary N) is 1. The fourth-order valence-electron chi connectivity index (χ4n) is 1.78. The highest BCUT2D eigenvalue weighted by Gasteiger charge is 2.16. The summed E-state index contributed by atoms with van der Waals surface area (Å²) in [5, 5.41) is 2.06. The summed E-state index contributed by atoms with van der Waals surface area (Å²) in [6.45, 7) is 4.24. The van der Waals surface area contributed by atoms with Gasteiger partial charge < -0.3 is 0 Å². The molecule has 0 amide bonds. The van der Waals surface area contributed by atoms with Crippen LogP contribution in [0.4, 0.5) is 0 Å². The molecule has 1 unspecified atom stereocenters. The van der Waals surface area contributed by atoms with E-state index in [0.29, 0.717) is 0 Å². The van der Waals surface area contributed by atoms with Gasteiger partial charge in [0.05, 0.1) is 6.04 Å². The normalized spacial score (nSPS) is 12.7. The quantitative estimate of drug-likeness (QED) is 0.670. The maximum atomic E-state index is 5.69. The van der Waals surface area contributed by atoms with Crippen LogP contribution in [-0.2, 0) is 0 Å². The van der Waals surface area contributed by atoms with Crippen LogP contribution in [0.15, 0.2) is 34.1 Å². The zero-order chi connectivity index (χ0) is 12.4. The van der Waals surface area contributed by atoms with E-state index in [2.05, 4.69) is 58.8 Å². The Morgan fingerprint density at radius 3 is 2.53 bits per heavy atom. The van der Waals surface area contributed by atoms with Crippen molar-refractivity contribution in [2.45, 2.75) is 19.9 Å². The van der Waals surface area contributed by atoms with E-state index in [1.165, 1.54) is 21.6 Å². The molecule has 4 heteroatoms. The van der Waals surface area contributed by atoms with Crippen LogP contribution in [0.1, 0.15) is 27.6 Å². The maximum absolute atomic E-state index is 5.69. The van der Waals surface area contributed by atoms with Crippen LogP contribution in [0.3, 0.4) is 0 Å². The van der Waals surface area contributed by atoms with Gasteiger partial charge in [0.15, 0.2) is 0 Å². The number of hydrogen-bond acceptors (Lipinski definition) is 3. The van der Waals surface area contributed by atoms with Gasteiger partial charge >= 0.3 is 0 Å². The molecule has 1 heterocycles. The first-order chi connectivity index (χ1) is 8.13. The number of halogens is 1. The molecule has 1 atom stereocenters. The highest BCUT2D eigenvalue weighted by molar-refractivity contribution is 9.10. The first kappa shape index (κ1) is 12.8. The third-order valence-electron chi connectivity index (χ3n) is 2.94. The van der Waals surface area contributed by atoms with E-state index < -0.39 is 0 Å². The average molecular weight is 311 g/mol. The molecule has 17 heavy (non-hydrogen) atoms. The lowest BCUT2D eigenvalue weighted by atomic mass is 10.0. The number of hydrogen-bond donors (Lipinski definition) is 2. The lowest BCUT2D eigenvalue weighted by Crippen LogP contribution is -2.28. The smallest absolute Gasteiger partial charge is 0.0813 e. The van der Waals surface area contributed by atoms with Gasteiger partial charge in [0.2, 0.25) is 0 Å². The van der Waals surface area contributed by atoms with Crippen molar-refractivity contribution in [3.63, 3.8) is 0 Å². The minimum atomic E-state index is 0.0451. The molecule has 0 saturated heterocycles. The number of nitrogens with two attached hydrogens (primary N) is 1. The number of rotatable bonds is 3. The minimum absolute atomic E-state index is 0.0451. The Morgan fingerprint density at radius 2 is 2.00 bits per heavy atom. The fraction of sp³-hybridized carbons (Fsp3) is 0.231. The van der Waals surface area contributed by atoms with Gasteiger partial charge in [-0.25, -0.2) is 5.43 Å². The van der Waals surface area contributed by atoms with Gasteiger partial charge in [-0.05, 0) is 57.9 Å². The van der Waals surface area contributed by atoms with Gasteiger partial charge in [0.1, 0.15) is 0 Å². The topological polar surface area (TPSA) is 38.0 Å². The minimum Gasteiger partial charge on any atom is -0.271 e. The standard InChI is InChI=1S/C13H15BrN2S/c1-8-3-4-10(7-9(8)2)12(16-15)13-11(14)5-6-17-13/h3-7,12,16H,15H2,1-2H3. The lowest BCUT2D eigenvalue weighted by molar-refractivity contribution is 0.644. The molecule has 1 aromatic carbocycles. The zero-order valence-corrected chi connectivity index (χ0v) is 12.2. The molecule has 0 radical (unpaired) electrons. The Kier molecular flexibility index (Phi) is 3.99. The van der Waals surface area contributed by atoms with Gasteiger partial charge in [-0.15, -0.1) is 11.3 Å². The molecule has 0 aliphatic heterocycles. The Balaban J connectivity index is 2.42. The van der Waals surface area contributed by atoms with Crippen LogP contribution in [0.2, 0.25) is 0 Å². The van der Waals surface area contributed by atoms with Gasteiger partial charge in [-0.1, -0.05) is 18.2 Å². The van der Waals surface area contributed by atoms with Gasteiger partial charge in [-0.3, -0.25) is 5.84 Å². The van der Waals surface area contributed by atoms with Crippen molar-refractivity contribution in [1.82, 2.24) is 5.43 Å². The van der Waals surface area contributed by atoms with Crippen LogP contribution < -0.4 is 11.3 Å². The summed E-state index contributed by atoms with van der Waals surface area (Å²) < 4.78 is 1.10. The Bertz CT molecular complexity index is 522. The second kappa shape index (κ2) is 5.31. The zero-order valence-electron chi connectivity index (χ0n) is 9.83. The second-order valence-corrected chi connectivity index (χ2v) is 5.88. The van der Waals surface area contributed by atoms with E-state index in [1.807, 2.05) is 6.07 Å². The van der Waals surface area contributed by atoms with Crippen molar-refractivity contribution in [1.29, 1.82) is 0 Å². The predicted octanol–water partition coefficient (Wildman–Crippen LogP) is 3.68. The summed E-state index contributed by atoms with van der Waals surface area (Å²) in [6, 6.07) is 8.54. The van der Waals surface area contributed by atoms with Crippen molar-refractivity contribution >= 4 is 27.3 Å². The molecule has 2 rings (SSSR count). The third-order valence-corrected chi connectivity index (χ3v) is 4.87. The lowest BCUT2D eigenvalue weighted by Gasteiger charge is -2.17. The van der Waals surface area contributed by atoms with Crippen molar-refractivity contribution in [3.05, 3.63) is 55.7 Å². The van der Waals surface area contributed by atoms with E-state index >= 15 is 0 Å². The van der Waals surface area contributed by atoms with Crippen LogP contribution in [0.25, 0.3) is 0 Å². The van der Waals surface area contributed by atoms with E-state index in [1.54, 1.807) is 11.3 Å². The van der Waals surface area contributed by atoms with Crippen molar-refractivity contribution in [2.24, 2.45) is 5.84 Å². The molecular weight excluding hydrogens is 296 g/mol. The van der Waals surface area contributed by atoms with Crippen LogP contribution in [-0.4, -0.2) is 0 Å². The van der Waals surface area contributed by atoms with Gasteiger partial charge in [0, 0.05) is 9.35 Å². The number of benzene rings is 1. The molecule has 3 N–H and O–H groups in total. The second-order valence-electron chi connectivity index (χ2n) is 4.08. The number of aryl methyl sites for hydroxylation is 2. The van der Waals surface area contributed by atoms with E-state index in [9.17, 15) is 0 Å². The van der Waals surface area contributed by atoms with Crippen LogP contribution in [0, 0.1) is 13.8 Å². The highest BCUT2D eigenvalue weighted by Crippen LogP contribution is 2.33. The molecule has 0 bridgehead atoms. The van der Waals surface area contributed by atoms with Crippen LogP contribution in [0.5, 0.6) is 0 Å². The predicted molar refractivity (Wildman–Crippen MR) is 77.1 cm³/mol. The molecule has 2 aromatic rings. The summed E-state index contributed by atoms with van der Waals surface area (Å²) in [5.74, 6) is 5.69. The molecule has 1 aromatic heterocycles. The molecule has 2 nitrogen and oxygen atoms in total. The highest BCUT2D eigenvalue weighted by atomic mass is 79.9. The average Bonchev–Trinajstić information content (AvgIpc) is 2.71. The largest absolute Gasteiger partial charge is 0.271 e. The third kappa shape index (κ3) is 2.60. The summed E-state index contributed by atoms with van der Waals surface area (Å²) in [6.07, 6.45) is 0. The maximum Gasteiger partial charge on any atom is 0.0813 e. The molecule has 0 saturated carbocycles. The molecule has 0 aliphatic carbocycles.